The van der Waals surface area contributed by atoms with Crippen LogP contribution >= 0.6 is 11.8 Å². The Bertz CT molecular complexity index is 400. The molecule has 4 nitrogen and oxygen atoms in total. The Kier molecular flexibility index (Phi) is 3.24. The molecule has 1 N–H and O–H groups in total. The number of carbonyl (C=O) groups is 1. The molecule has 1 saturated heterocycles. The monoisotopic (exact) mass is 239 g/mol. The molecule has 1 fully saturated rings. The van der Waals surface area contributed by atoms with E-state index in [0.29, 0.717) is 6.42 Å². The van der Waals surface area contributed by atoms with E-state index in [1.807, 2.05) is 18.2 Å². The van der Waals surface area contributed by atoms with Crippen molar-refractivity contribution >= 4 is 17.7 Å². The minimum Gasteiger partial charge on any atom is -0.497 e. The molecular formula is C11H13NO3S. The molecule has 0 saturated carbocycles. The Morgan fingerprint density at radius 1 is 1.38 bits per heavy atom. The summed E-state index contributed by atoms with van der Waals surface area (Å²) in [6, 6.07) is 5.62. The number of hydrogen-bond donors (Lipinski definition) is 1. The molecule has 1 atom stereocenters. The van der Waals surface area contributed by atoms with E-state index < -0.39 is 0 Å². The van der Waals surface area contributed by atoms with Crippen molar-refractivity contribution < 1.29 is 14.3 Å². The Balaban J connectivity index is 2.13. The summed E-state index contributed by atoms with van der Waals surface area (Å²) in [5.74, 6) is 1.68. The standard InChI is InChI=1S/C11H13NO3S/c1-14-7-3-4-8(15-2)9(5-7)16-11-6-10(13)12-11/h3-5,11H,6H2,1-2H3,(H,12,13). The van der Waals surface area contributed by atoms with E-state index in [1.165, 1.54) is 0 Å². The average molecular weight is 239 g/mol. The van der Waals surface area contributed by atoms with Crippen LogP contribution in [0.25, 0.3) is 0 Å². The van der Waals surface area contributed by atoms with Crippen molar-refractivity contribution in [2.75, 3.05) is 14.2 Å². The first-order valence-electron chi connectivity index (χ1n) is 4.91. The number of amides is 1. The van der Waals surface area contributed by atoms with Gasteiger partial charge < -0.3 is 14.8 Å². The van der Waals surface area contributed by atoms with Crippen molar-refractivity contribution in [3.63, 3.8) is 0 Å². The third kappa shape index (κ3) is 2.24. The van der Waals surface area contributed by atoms with Crippen molar-refractivity contribution in [3.05, 3.63) is 18.2 Å². The van der Waals surface area contributed by atoms with Gasteiger partial charge in [-0.3, -0.25) is 4.79 Å². The summed E-state index contributed by atoms with van der Waals surface area (Å²) < 4.78 is 10.4. The van der Waals surface area contributed by atoms with Crippen LogP contribution in [0, 0.1) is 0 Å². The minimum atomic E-state index is 0.0966. The smallest absolute Gasteiger partial charge is 0.223 e. The number of β-lactam (4-membered cyclic amide) rings is 1. The summed E-state index contributed by atoms with van der Waals surface area (Å²) in [6.45, 7) is 0. The van der Waals surface area contributed by atoms with Crippen molar-refractivity contribution in [1.29, 1.82) is 0 Å². The summed E-state index contributed by atoms with van der Waals surface area (Å²) in [5, 5.41) is 2.95. The van der Waals surface area contributed by atoms with Crippen LogP contribution < -0.4 is 14.8 Å². The average Bonchev–Trinajstić information content (AvgIpc) is 2.27. The molecule has 2 rings (SSSR count). The van der Waals surface area contributed by atoms with Gasteiger partial charge in [0.15, 0.2) is 0 Å². The van der Waals surface area contributed by atoms with E-state index in [9.17, 15) is 4.79 Å². The van der Waals surface area contributed by atoms with E-state index in [4.69, 9.17) is 9.47 Å². The van der Waals surface area contributed by atoms with Gasteiger partial charge in [-0.05, 0) is 18.2 Å². The highest BCUT2D eigenvalue weighted by atomic mass is 32.2. The first-order chi connectivity index (χ1) is 7.72. The molecule has 1 amide bonds. The second-order valence-electron chi connectivity index (χ2n) is 3.39. The van der Waals surface area contributed by atoms with Crippen LogP contribution in [0.5, 0.6) is 11.5 Å². The zero-order valence-electron chi connectivity index (χ0n) is 9.15. The third-order valence-corrected chi connectivity index (χ3v) is 3.47. The summed E-state index contributed by atoms with van der Waals surface area (Å²) in [7, 11) is 3.26. The molecule has 0 aliphatic carbocycles. The quantitative estimate of drug-likeness (QED) is 0.811. The lowest BCUT2D eigenvalue weighted by molar-refractivity contribution is -0.126. The maximum Gasteiger partial charge on any atom is 0.223 e. The van der Waals surface area contributed by atoms with Gasteiger partial charge in [0.1, 0.15) is 11.5 Å². The van der Waals surface area contributed by atoms with E-state index in [0.717, 1.165) is 16.4 Å². The third-order valence-electron chi connectivity index (χ3n) is 2.33. The highest BCUT2D eigenvalue weighted by Crippen LogP contribution is 2.37. The number of rotatable bonds is 4. The van der Waals surface area contributed by atoms with Crippen LogP contribution in [0.4, 0.5) is 0 Å². The van der Waals surface area contributed by atoms with Gasteiger partial charge in [0.05, 0.1) is 30.9 Å². The molecule has 0 radical (unpaired) electrons. The predicted octanol–water partition coefficient (Wildman–Crippen LogP) is 1.64. The second-order valence-corrected chi connectivity index (χ2v) is 4.64. The summed E-state index contributed by atoms with van der Waals surface area (Å²) in [4.78, 5) is 11.8. The van der Waals surface area contributed by atoms with E-state index in [-0.39, 0.29) is 11.3 Å². The van der Waals surface area contributed by atoms with Crippen LogP contribution in [0.1, 0.15) is 6.42 Å². The van der Waals surface area contributed by atoms with Gasteiger partial charge in [0.25, 0.3) is 0 Å². The largest absolute Gasteiger partial charge is 0.497 e. The number of thioether (sulfide) groups is 1. The molecule has 0 aromatic heterocycles. The Hall–Kier alpha value is -1.36. The van der Waals surface area contributed by atoms with Crippen molar-refractivity contribution in [2.24, 2.45) is 0 Å². The van der Waals surface area contributed by atoms with Crippen LogP contribution in [0.15, 0.2) is 23.1 Å². The molecule has 16 heavy (non-hydrogen) atoms. The van der Waals surface area contributed by atoms with E-state index >= 15 is 0 Å². The highest BCUT2D eigenvalue weighted by Gasteiger charge is 2.27. The van der Waals surface area contributed by atoms with Gasteiger partial charge in [-0.2, -0.15) is 0 Å². The van der Waals surface area contributed by atoms with Gasteiger partial charge in [-0.25, -0.2) is 0 Å². The molecular weight excluding hydrogens is 226 g/mol. The lowest BCUT2D eigenvalue weighted by Crippen LogP contribution is -2.46. The molecule has 1 heterocycles. The molecule has 1 aliphatic rings. The maximum atomic E-state index is 10.8. The Labute approximate surface area is 98.3 Å². The summed E-state index contributed by atoms with van der Waals surface area (Å²) in [6.07, 6.45) is 0.561. The normalized spacial score (nSPS) is 18.6. The number of nitrogens with one attached hydrogen (secondary N) is 1. The molecule has 0 spiro atoms. The lowest BCUT2D eigenvalue weighted by atomic mass is 10.3. The number of benzene rings is 1. The fourth-order valence-corrected chi connectivity index (χ4v) is 2.61. The molecule has 1 aromatic rings. The van der Waals surface area contributed by atoms with Gasteiger partial charge in [-0.1, -0.05) is 11.8 Å². The Morgan fingerprint density at radius 2 is 2.12 bits per heavy atom. The summed E-state index contributed by atoms with van der Waals surface area (Å²) in [5.41, 5.74) is 0. The zero-order chi connectivity index (χ0) is 11.5. The zero-order valence-corrected chi connectivity index (χ0v) is 9.97. The fraction of sp³-hybridized carbons (Fsp3) is 0.364. The van der Waals surface area contributed by atoms with Gasteiger partial charge in [-0.15, -0.1) is 0 Å². The second kappa shape index (κ2) is 4.65. The topological polar surface area (TPSA) is 47.6 Å². The first kappa shape index (κ1) is 11.1. The van der Waals surface area contributed by atoms with Gasteiger partial charge in [0, 0.05) is 0 Å². The minimum absolute atomic E-state index is 0.0966. The van der Waals surface area contributed by atoms with Crippen LogP contribution in [0.2, 0.25) is 0 Å². The number of ether oxygens (including phenoxy) is 2. The van der Waals surface area contributed by atoms with Crippen molar-refractivity contribution in [1.82, 2.24) is 5.32 Å². The predicted molar refractivity (Wildman–Crippen MR) is 62.0 cm³/mol. The van der Waals surface area contributed by atoms with Gasteiger partial charge in [0.2, 0.25) is 5.91 Å². The number of carbonyl (C=O) groups excluding carboxylic acids is 1. The van der Waals surface area contributed by atoms with Crippen molar-refractivity contribution in [2.45, 2.75) is 16.7 Å². The number of methoxy groups -OCH3 is 2. The fourth-order valence-electron chi connectivity index (χ4n) is 1.43. The highest BCUT2D eigenvalue weighted by molar-refractivity contribution is 8.00. The van der Waals surface area contributed by atoms with Crippen molar-refractivity contribution in [3.8, 4) is 11.5 Å². The van der Waals surface area contributed by atoms with Crippen LogP contribution in [-0.2, 0) is 4.79 Å². The first-order valence-corrected chi connectivity index (χ1v) is 5.79. The van der Waals surface area contributed by atoms with E-state index in [1.54, 1.807) is 26.0 Å². The summed E-state index contributed by atoms with van der Waals surface area (Å²) >= 11 is 1.58. The Morgan fingerprint density at radius 3 is 2.69 bits per heavy atom. The SMILES string of the molecule is COc1ccc(OC)c(SC2CC(=O)N2)c1. The molecule has 5 heteroatoms. The molecule has 1 aliphatic heterocycles. The lowest BCUT2D eigenvalue weighted by Gasteiger charge is -2.26. The van der Waals surface area contributed by atoms with E-state index in [2.05, 4.69) is 5.32 Å². The molecule has 0 bridgehead atoms. The van der Waals surface area contributed by atoms with Crippen LogP contribution in [-0.4, -0.2) is 25.5 Å². The molecule has 1 unspecified atom stereocenters. The number of hydrogen-bond acceptors (Lipinski definition) is 4. The van der Waals surface area contributed by atoms with Crippen LogP contribution in [0.3, 0.4) is 0 Å². The maximum absolute atomic E-state index is 10.8. The van der Waals surface area contributed by atoms with Gasteiger partial charge >= 0.3 is 0 Å². The molecule has 1 aromatic carbocycles. The molecule has 86 valence electrons.